The number of fused-ring (bicyclic) bond motifs is 1. The first-order chi connectivity index (χ1) is 17.6. The largest absolute Gasteiger partial charge is 0.497 e. The van der Waals surface area contributed by atoms with Crippen LogP contribution >= 0.6 is 11.6 Å². The first-order valence-corrected chi connectivity index (χ1v) is 12.3. The summed E-state index contributed by atoms with van der Waals surface area (Å²) in [6.07, 6.45) is 0.865. The molecule has 7 heteroatoms. The lowest BCUT2D eigenvalue weighted by Crippen LogP contribution is -2.11. The van der Waals surface area contributed by atoms with Gasteiger partial charge in [0.05, 0.1) is 36.9 Å². The molecule has 0 atom stereocenters. The number of benzene rings is 3. The third-order valence-corrected chi connectivity index (χ3v) is 6.12. The molecular formula is C29H27ClN2O4. The number of hydrogen-bond donors (Lipinski definition) is 0. The van der Waals surface area contributed by atoms with E-state index in [9.17, 15) is 10.1 Å². The normalized spacial score (nSPS) is 10.7. The molecule has 4 rings (SSSR count). The summed E-state index contributed by atoms with van der Waals surface area (Å²) in [5.41, 5.74) is 4.00. The molecule has 0 unspecified atom stereocenters. The minimum absolute atomic E-state index is 0.104. The Kier molecular flexibility index (Phi) is 8.14. The highest BCUT2D eigenvalue weighted by Crippen LogP contribution is 2.35. The molecule has 0 spiro atoms. The lowest BCUT2D eigenvalue weighted by molar-refractivity contribution is -0.133. The van der Waals surface area contributed by atoms with E-state index in [0.717, 1.165) is 39.9 Å². The number of carbonyl (C=O) groups excluding carboxylic acids is 1. The van der Waals surface area contributed by atoms with Gasteiger partial charge >= 0.3 is 5.97 Å². The van der Waals surface area contributed by atoms with E-state index in [1.165, 1.54) is 0 Å². The number of aromatic nitrogens is 1. The molecule has 0 fully saturated rings. The van der Waals surface area contributed by atoms with E-state index in [4.69, 9.17) is 25.8 Å². The van der Waals surface area contributed by atoms with Crippen LogP contribution in [0.1, 0.15) is 24.5 Å². The van der Waals surface area contributed by atoms with Crippen molar-refractivity contribution < 1.29 is 19.0 Å². The SMILES string of the molecule is CCn1c(-c2cccc(CC(=O)Oc3ccc(OC)cc3)c2)c(C#N)c2ccc(OCCCCl)cc21. The van der Waals surface area contributed by atoms with Crippen LogP contribution in [0.15, 0.2) is 66.7 Å². The van der Waals surface area contributed by atoms with Crippen molar-refractivity contribution >= 4 is 28.5 Å². The highest BCUT2D eigenvalue weighted by Gasteiger charge is 2.19. The fourth-order valence-electron chi connectivity index (χ4n) is 4.21. The van der Waals surface area contributed by atoms with Gasteiger partial charge in [-0.2, -0.15) is 5.26 Å². The Morgan fingerprint density at radius 1 is 1.03 bits per heavy atom. The second-order valence-corrected chi connectivity index (χ2v) is 8.55. The molecule has 0 aliphatic rings. The smallest absolute Gasteiger partial charge is 0.315 e. The quantitative estimate of drug-likeness (QED) is 0.109. The van der Waals surface area contributed by atoms with Crippen LogP contribution in [0.4, 0.5) is 0 Å². The van der Waals surface area contributed by atoms with E-state index in [1.54, 1.807) is 31.4 Å². The fraction of sp³-hybridized carbons (Fsp3) is 0.241. The van der Waals surface area contributed by atoms with Crippen LogP contribution in [0.3, 0.4) is 0 Å². The second kappa shape index (κ2) is 11.7. The fourth-order valence-corrected chi connectivity index (χ4v) is 4.32. The molecule has 1 aromatic heterocycles. The maximum Gasteiger partial charge on any atom is 0.315 e. The Balaban J connectivity index is 1.63. The van der Waals surface area contributed by atoms with E-state index < -0.39 is 0 Å². The minimum atomic E-state index is -0.368. The van der Waals surface area contributed by atoms with Crippen molar-refractivity contribution in [3.63, 3.8) is 0 Å². The third kappa shape index (κ3) is 5.48. The van der Waals surface area contributed by atoms with Gasteiger partial charge in [0.2, 0.25) is 0 Å². The molecule has 0 radical (unpaired) electrons. The van der Waals surface area contributed by atoms with Gasteiger partial charge in [-0.15, -0.1) is 11.6 Å². The highest BCUT2D eigenvalue weighted by molar-refractivity contribution is 6.17. The molecule has 1 heterocycles. The van der Waals surface area contributed by atoms with Crippen molar-refractivity contribution in [2.75, 3.05) is 19.6 Å². The van der Waals surface area contributed by atoms with E-state index in [1.807, 2.05) is 49.4 Å². The van der Waals surface area contributed by atoms with Gasteiger partial charge < -0.3 is 18.8 Å². The van der Waals surface area contributed by atoms with Gasteiger partial charge in [-0.3, -0.25) is 4.79 Å². The number of halogens is 1. The number of alkyl halides is 1. The van der Waals surface area contributed by atoms with E-state index in [-0.39, 0.29) is 12.4 Å². The van der Waals surface area contributed by atoms with Crippen LogP contribution in [0.25, 0.3) is 22.2 Å². The molecule has 0 N–H and O–H groups in total. The predicted octanol–water partition coefficient (Wildman–Crippen LogP) is 6.36. The van der Waals surface area contributed by atoms with Crippen molar-refractivity contribution in [1.82, 2.24) is 4.57 Å². The number of aryl methyl sites for hydroxylation is 1. The van der Waals surface area contributed by atoms with Crippen LogP contribution in [0, 0.1) is 11.3 Å². The number of carbonyl (C=O) groups is 1. The zero-order valence-electron chi connectivity index (χ0n) is 20.3. The third-order valence-electron chi connectivity index (χ3n) is 5.85. The molecule has 3 aromatic carbocycles. The topological polar surface area (TPSA) is 73.5 Å². The van der Waals surface area contributed by atoms with Crippen LogP contribution in [0.5, 0.6) is 17.2 Å². The van der Waals surface area contributed by atoms with E-state index >= 15 is 0 Å². The highest BCUT2D eigenvalue weighted by atomic mass is 35.5. The molecule has 36 heavy (non-hydrogen) atoms. The van der Waals surface area contributed by atoms with Gasteiger partial charge in [0.25, 0.3) is 0 Å². The van der Waals surface area contributed by atoms with Crippen LogP contribution in [-0.2, 0) is 17.8 Å². The molecule has 0 aliphatic heterocycles. The zero-order valence-corrected chi connectivity index (χ0v) is 21.0. The molecule has 0 bridgehead atoms. The van der Waals surface area contributed by atoms with Gasteiger partial charge in [-0.1, -0.05) is 18.2 Å². The molecule has 4 aromatic rings. The molecule has 0 saturated carbocycles. The van der Waals surface area contributed by atoms with Crippen molar-refractivity contribution in [2.24, 2.45) is 0 Å². The molecule has 0 saturated heterocycles. The van der Waals surface area contributed by atoms with Crippen LogP contribution in [-0.4, -0.2) is 30.1 Å². The number of rotatable bonds is 10. The summed E-state index contributed by atoms with van der Waals surface area (Å²) in [4.78, 5) is 12.6. The molecule has 0 aliphatic carbocycles. The van der Waals surface area contributed by atoms with Gasteiger partial charge in [0.1, 0.15) is 23.3 Å². The standard InChI is InChI=1S/C29H27ClN2O4/c1-3-32-27-18-24(35-15-5-14-30)12-13-25(27)26(19-31)29(32)21-7-4-6-20(16-21)17-28(33)36-23-10-8-22(34-2)9-11-23/h4,6-13,16,18H,3,5,14-15,17H2,1-2H3. The summed E-state index contributed by atoms with van der Waals surface area (Å²) in [5.74, 6) is 2.06. The number of nitrogens with zero attached hydrogens (tertiary/aromatic N) is 2. The molecule has 184 valence electrons. The van der Waals surface area contributed by atoms with E-state index in [2.05, 4.69) is 10.6 Å². The Morgan fingerprint density at radius 3 is 2.47 bits per heavy atom. The summed E-state index contributed by atoms with van der Waals surface area (Å²) in [5, 5.41) is 10.9. The number of methoxy groups -OCH3 is 1. The average molecular weight is 503 g/mol. The monoisotopic (exact) mass is 502 g/mol. The molecular weight excluding hydrogens is 476 g/mol. The van der Waals surface area contributed by atoms with Crippen molar-refractivity contribution in [1.29, 1.82) is 5.26 Å². The summed E-state index contributed by atoms with van der Waals surface area (Å²) in [6, 6.07) is 22.7. The minimum Gasteiger partial charge on any atom is -0.497 e. The Bertz CT molecular complexity index is 1400. The maximum atomic E-state index is 12.6. The van der Waals surface area contributed by atoms with Gasteiger partial charge in [-0.05, 0) is 66.9 Å². The first-order valence-electron chi connectivity index (χ1n) is 11.8. The second-order valence-electron chi connectivity index (χ2n) is 8.18. The predicted molar refractivity (Wildman–Crippen MR) is 141 cm³/mol. The number of esters is 1. The van der Waals surface area contributed by atoms with E-state index in [0.29, 0.717) is 36.1 Å². The molecule has 6 nitrogen and oxygen atoms in total. The zero-order chi connectivity index (χ0) is 25.5. The Labute approximate surface area is 215 Å². The van der Waals surface area contributed by atoms with Gasteiger partial charge in [-0.25, -0.2) is 0 Å². The average Bonchev–Trinajstić information content (AvgIpc) is 3.22. The maximum absolute atomic E-state index is 12.6. The summed E-state index contributed by atoms with van der Waals surface area (Å²) in [7, 11) is 1.58. The van der Waals surface area contributed by atoms with Crippen LogP contribution in [0.2, 0.25) is 0 Å². The lowest BCUT2D eigenvalue weighted by atomic mass is 10.0. The summed E-state index contributed by atoms with van der Waals surface area (Å²) < 4.78 is 18.6. The van der Waals surface area contributed by atoms with Crippen molar-refractivity contribution in [3.05, 3.63) is 77.9 Å². The Morgan fingerprint density at radius 2 is 1.78 bits per heavy atom. The lowest BCUT2D eigenvalue weighted by Gasteiger charge is -2.11. The first kappa shape index (κ1) is 25.2. The van der Waals surface area contributed by atoms with Gasteiger partial charge in [0.15, 0.2) is 0 Å². The number of hydrogen-bond acceptors (Lipinski definition) is 5. The number of nitriles is 1. The van der Waals surface area contributed by atoms with Crippen molar-refractivity contribution in [2.45, 2.75) is 26.3 Å². The van der Waals surface area contributed by atoms with Gasteiger partial charge in [0, 0.05) is 23.9 Å². The number of ether oxygens (including phenoxy) is 3. The Hall–Kier alpha value is -3.95. The summed E-state index contributed by atoms with van der Waals surface area (Å²) in [6.45, 7) is 3.25. The van der Waals surface area contributed by atoms with Crippen LogP contribution < -0.4 is 14.2 Å². The van der Waals surface area contributed by atoms with Crippen molar-refractivity contribution in [3.8, 4) is 34.6 Å². The molecule has 0 amide bonds. The summed E-state index contributed by atoms with van der Waals surface area (Å²) >= 11 is 5.76.